The molecular weight excluding hydrogens is 408 g/mol. The predicted molar refractivity (Wildman–Crippen MR) is 117 cm³/mol. The monoisotopic (exact) mass is 446 g/mol. The van der Waals surface area contributed by atoms with Gasteiger partial charge in [0.05, 0.1) is 0 Å². The maximum atomic E-state index is 5.59. The lowest BCUT2D eigenvalue weighted by Crippen LogP contribution is -2.36. The molecule has 12 heteroatoms. The molecule has 0 aromatic carbocycles. The highest BCUT2D eigenvalue weighted by Crippen LogP contribution is 2.20. The van der Waals surface area contributed by atoms with Gasteiger partial charge in [-0.3, -0.25) is 14.7 Å². The van der Waals surface area contributed by atoms with Crippen LogP contribution in [0, 0.1) is 0 Å². The summed E-state index contributed by atoms with van der Waals surface area (Å²) in [5.41, 5.74) is 0. The first kappa shape index (κ1) is 27.2. The summed E-state index contributed by atoms with van der Waals surface area (Å²) in [5.74, 6) is 1.19. The molecule has 1 rings (SSSR count). The molecule has 0 unspecified atom stereocenters. The van der Waals surface area contributed by atoms with Crippen molar-refractivity contribution >= 4 is 17.8 Å². The lowest BCUT2D eigenvalue weighted by atomic mass is 10.6. The fourth-order valence-corrected chi connectivity index (χ4v) is 2.34. The minimum absolute atomic E-state index is 0.241. The van der Waals surface area contributed by atoms with Gasteiger partial charge in [0.15, 0.2) is 0 Å². The second kappa shape index (κ2) is 16.8. The van der Waals surface area contributed by atoms with Crippen LogP contribution in [0.25, 0.3) is 0 Å². The first-order valence-electron chi connectivity index (χ1n) is 10.4. The lowest BCUT2D eigenvalue weighted by molar-refractivity contribution is 0.0926. The van der Waals surface area contributed by atoms with Crippen LogP contribution >= 0.6 is 0 Å². The summed E-state index contributed by atoms with van der Waals surface area (Å²) in [6.07, 6.45) is 0. The van der Waals surface area contributed by atoms with Gasteiger partial charge in [0, 0.05) is 40.6 Å². The van der Waals surface area contributed by atoms with E-state index in [2.05, 4.69) is 15.0 Å². The molecule has 0 aliphatic rings. The van der Waals surface area contributed by atoms with Gasteiger partial charge in [-0.1, -0.05) is 0 Å². The van der Waals surface area contributed by atoms with E-state index in [9.17, 15) is 0 Å². The minimum Gasteiger partial charge on any atom is -0.364 e. The van der Waals surface area contributed by atoms with E-state index in [1.54, 1.807) is 28.9 Å². The van der Waals surface area contributed by atoms with Gasteiger partial charge in [0.2, 0.25) is 17.8 Å². The zero-order valence-electron chi connectivity index (χ0n) is 19.7. The van der Waals surface area contributed by atoms with Crippen molar-refractivity contribution in [2.24, 2.45) is 0 Å². The SMILES string of the molecule is CCOCN(COCC)c1nc(N(COC)COC)nc(N(COCC)COCC)n1. The molecule has 0 bridgehead atoms. The average molecular weight is 447 g/mol. The highest BCUT2D eigenvalue weighted by atomic mass is 16.5. The molecule has 0 radical (unpaired) electrons. The standard InChI is InChI=1S/C19H38N6O6/c1-7-28-13-24(14-29-8-2)18-20-17(23(11-26-5)12-27-6)21-19(22-18)25(15-30-9-3)16-31-10-4/h7-16H2,1-6H3. The topological polar surface area (TPSA) is 104 Å². The van der Waals surface area contributed by atoms with Crippen LogP contribution in [0.1, 0.15) is 27.7 Å². The van der Waals surface area contributed by atoms with E-state index < -0.39 is 0 Å². The Bertz CT molecular complexity index is 525. The number of anilines is 3. The molecule has 0 aliphatic carbocycles. The molecule has 0 saturated heterocycles. The quantitative estimate of drug-likeness (QED) is 0.287. The summed E-state index contributed by atoms with van der Waals surface area (Å²) in [6, 6.07) is 0. The maximum Gasteiger partial charge on any atom is 0.235 e. The fraction of sp³-hybridized carbons (Fsp3) is 0.842. The van der Waals surface area contributed by atoms with Gasteiger partial charge in [0.25, 0.3) is 0 Å². The Kier molecular flexibility index (Phi) is 14.8. The number of nitrogens with zero attached hydrogens (tertiary/aromatic N) is 6. The van der Waals surface area contributed by atoms with Gasteiger partial charge >= 0.3 is 0 Å². The van der Waals surface area contributed by atoms with Crippen molar-refractivity contribution in [1.29, 1.82) is 0 Å². The van der Waals surface area contributed by atoms with Crippen molar-refractivity contribution in [3.63, 3.8) is 0 Å². The van der Waals surface area contributed by atoms with Gasteiger partial charge in [0.1, 0.15) is 40.4 Å². The van der Waals surface area contributed by atoms with Crippen LogP contribution in [0.3, 0.4) is 0 Å². The molecule has 0 saturated carbocycles. The third-order valence-electron chi connectivity index (χ3n) is 3.82. The Morgan fingerprint density at radius 1 is 0.484 bits per heavy atom. The van der Waals surface area contributed by atoms with Crippen molar-refractivity contribution in [3.8, 4) is 0 Å². The van der Waals surface area contributed by atoms with Crippen LogP contribution in [0.5, 0.6) is 0 Å². The number of rotatable bonds is 19. The van der Waals surface area contributed by atoms with Gasteiger partial charge < -0.3 is 28.4 Å². The zero-order chi connectivity index (χ0) is 22.9. The Balaban J connectivity index is 3.40. The number of hydrogen-bond acceptors (Lipinski definition) is 12. The van der Waals surface area contributed by atoms with Gasteiger partial charge in [-0.2, -0.15) is 15.0 Å². The third kappa shape index (κ3) is 9.89. The van der Waals surface area contributed by atoms with Crippen molar-refractivity contribution in [1.82, 2.24) is 15.0 Å². The largest absolute Gasteiger partial charge is 0.364 e. The lowest BCUT2D eigenvalue weighted by Gasteiger charge is -2.28. The maximum absolute atomic E-state index is 5.59. The van der Waals surface area contributed by atoms with E-state index in [0.29, 0.717) is 44.3 Å². The van der Waals surface area contributed by atoms with E-state index in [1.807, 2.05) is 27.7 Å². The van der Waals surface area contributed by atoms with E-state index in [4.69, 9.17) is 28.4 Å². The average Bonchev–Trinajstić information content (AvgIpc) is 2.79. The summed E-state index contributed by atoms with van der Waals surface area (Å²) in [4.78, 5) is 19.2. The normalized spacial score (nSPS) is 11.0. The van der Waals surface area contributed by atoms with E-state index in [-0.39, 0.29) is 40.4 Å². The van der Waals surface area contributed by atoms with Crippen molar-refractivity contribution in [3.05, 3.63) is 0 Å². The van der Waals surface area contributed by atoms with E-state index in [1.165, 1.54) is 0 Å². The highest BCUT2D eigenvalue weighted by molar-refractivity contribution is 5.45. The summed E-state index contributed by atoms with van der Waals surface area (Å²) >= 11 is 0. The van der Waals surface area contributed by atoms with Gasteiger partial charge in [-0.05, 0) is 27.7 Å². The van der Waals surface area contributed by atoms with Crippen LogP contribution in [0.2, 0.25) is 0 Å². The van der Waals surface area contributed by atoms with E-state index in [0.717, 1.165) is 0 Å². The molecule has 1 aromatic heterocycles. The summed E-state index contributed by atoms with van der Waals surface area (Å²) in [5, 5.41) is 0. The van der Waals surface area contributed by atoms with Crippen LogP contribution in [0.4, 0.5) is 17.8 Å². The molecule has 0 aliphatic heterocycles. The summed E-state index contributed by atoms with van der Waals surface area (Å²) < 4.78 is 33.0. The van der Waals surface area contributed by atoms with Gasteiger partial charge in [-0.25, -0.2) is 0 Å². The molecule has 0 atom stereocenters. The Morgan fingerprint density at radius 2 is 0.742 bits per heavy atom. The van der Waals surface area contributed by atoms with Gasteiger partial charge in [-0.15, -0.1) is 0 Å². The molecule has 0 spiro atoms. The second-order valence-electron chi connectivity index (χ2n) is 6.18. The highest BCUT2D eigenvalue weighted by Gasteiger charge is 2.21. The summed E-state index contributed by atoms with van der Waals surface area (Å²) in [7, 11) is 3.19. The number of ether oxygens (including phenoxy) is 6. The molecule has 12 nitrogen and oxygen atoms in total. The fourth-order valence-electron chi connectivity index (χ4n) is 2.34. The Hall–Kier alpha value is -1.83. The first-order chi connectivity index (χ1) is 15.1. The van der Waals surface area contributed by atoms with E-state index >= 15 is 0 Å². The Labute approximate surface area is 185 Å². The summed E-state index contributed by atoms with van der Waals surface area (Å²) in [6.45, 7) is 11.5. The van der Waals surface area contributed by atoms with Crippen LogP contribution in [0.15, 0.2) is 0 Å². The number of methoxy groups -OCH3 is 2. The molecule has 1 heterocycles. The first-order valence-corrected chi connectivity index (χ1v) is 10.4. The molecule has 0 amide bonds. The smallest absolute Gasteiger partial charge is 0.235 e. The molecule has 0 fully saturated rings. The predicted octanol–water partition coefficient (Wildman–Crippen LogP) is 1.47. The van der Waals surface area contributed by atoms with Crippen molar-refractivity contribution in [2.45, 2.75) is 27.7 Å². The zero-order valence-corrected chi connectivity index (χ0v) is 19.7. The van der Waals surface area contributed by atoms with Crippen LogP contribution in [-0.4, -0.2) is 96.0 Å². The second-order valence-corrected chi connectivity index (χ2v) is 6.18. The molecule has 1 aromatic rings. The molecule has 0 N–H and O–H groups in total. The van der Waals surface area contributed by atoms with Crippen LogP contribution < -0.4 is 14.7 Å². The minimum atomic E-state index is 0.241. The molecule has 31 heavy (non-hydrogen) atoms. The molecular formula is C19H38N6O6. The van der Waals surface area contributed by atoms with Crippen LogP contribution in [-0.2, 0) is 28.4 Å². The van der Waals surface area contributed by atoms with Crippen molar-refractivity contribution < 1.29 is 28.4 Å². The Morgan fingerprint density at radius 3 is 0.968 bits per heavy atom. The number of hydrogen-bond donors (Lipinski definition) is 0. The van der Waals surface area contributed by atoms with Crippen molar-refractivity contribution in [2.75, 3.05) is 95.7 Å². The molecule has 180 valence electrons. The third-order valence-corrected chi connectivity index (χ3v) is 3.82. The number of aromatic nitrogens is 3.